The number of pyridine rings is 1. The normalized spacial score (nSPS) is 15.8. The summed E-state index contributed by atoms with van der Waals surface area (Å²) in [5.74, 6) is 1.07. The molecule has 1 unspecified atom stereocenters. The molecule has 4 rings (SSSR count). The topological polar surface area (TPSA) is 88.2 Å². The summed E-state index contributed by atoms with van der Waals surface area (Å²) < 4.78 is 5.13. The average molecular weight is 406 g/mol. The molecule has 1 aliphatic rings. The second-order valence-corrected chi connectivity index (χ2v) is 7.62. The summed E-state index contributed by atoms with van der Waals surface area (Å²) >= 11 is 0. The van der Waals surface area contributed by atoms with E-state index in [9.17, 15) is 9.59 Å². The van der Waals surface area contributed by atoms with Crippen LogP contribution in [0.3, 0.4) is 0 Å². The van der Waals surface area contributed by atoms with Gasteiger partial charge in [0, 0.05) is 37.2 Å². The van der Waals surface area contributed by atoms with Crippen molar-refractivity contribution in [2.45, 2.75) is 32.1 Å². The Morgan fingerprint density at radius 3 is 2.63 bits per heavy atom. The number of likely N-dealkylation sites (tertiary alicyclic amines) is 1. The maximum atomic E-state index is 13.0. The van der Waals surface area contributed by atoms with E-state index in [1.165, 1.54) is 0 Å². The molecule has 1 N–H and O–H groups in total. The smallest absolute Gasteiger partial charge is 0.409 e. The third-order valence-electron chi connectivity index (χ3n) is 5.76. The van der Waals surface area contributed by atoms with Gasteiger partial charge < -0.3 is 14.6 Å². The molecule has 0 radical (unpaired) electrons. The molecular weight excluding hydrogens is 380 g/mol. The van der Waals surface area contributed by atoms with Gasteiger partial charge in [-0.2, -0.15) is 0 Å². The van der Waals surface area contributed by atoms with E-state index in [1.807, 2.05) is 49.4 Å². The highest BCUT2D eigenvalue weighted by Gasteiger charge is 2.33. The number of nitrogens with one attached hydrogen (secondary N) is 1. The number of hydrogen-bond donors (Lipinski definition) is 1. The zero-order chi connectivity index (χ0) is 20.9. The average Bonchev–Trinajstić information content (AvgIpc) is 3.22. The fourth-order valence-corrected chi connectivity index (χ4v) is 4.17. The third kappa shape index (κ3) is 4.35. The molecule has 1 aromatic carbocycles. The first-order chi connectivity index (χ1) is 14.7. The maximum Gasteiger partial charge on any atom is 0.409 e. The van der Waals surface area contributed by atoms with Crippen LogP contribution in [-0.2, 0) is 4.74 Å². The van der Waals surface area contributed by atoms with Crippen LogP contribution >= 0.6 is 0 Å². The number of imidazole rings is 1. The predicted molar refractivity (Wildman–Crippen MR) is 113 cm³/mol. The second kappa shape index (κ2) is 9.07. The van der Waals surface area contributed by atoms with Gasteiger partial charge in [0.1, 0.15) is 5.82 Å². The SMILES string of the molecule is CCOC(=O)N1CCC(C(CC(=O)c2ccccc2)c2nc3ncccc3[nH]2)CC1. The number of carbonyl (C=O) groups excluding carboxylic acids is 2. The summed E-state index contributed by atoms with van der Waals surface area (Å²) in [7, 11) is 0. The molecule has 1 atom stereocenters. The lowest BCUT2D eigenvalue weighted by atomic mass is 9.80. The number of Topliss-reactive ketones (excluding diaryl/α,β-unsaturated/α-hetero) is 1. The third-order valence-corrected chi connectivity index (χ3v) is 5.76. The molecule has 1 fully saturated rings. The molecule has 1 aliphatic heterocycles. The van der Waals surface area contributed by atoms with Crippen molar-refractivity contribution in [3.05, 3.63) is 60.0 Å². The van der Waals surface area contributed by atoms with E-state index < -0.39 is 0 Å². The van der Waals surface area contributed by atoms with E-state index in [1.54, 1.807) is 11.1 Å². The minimum absolute atomic E-state index is 0.0590. The van der Waals surface area contributed by atoms with Crippen molar-refractivity contribution >= 4 is 23.0 Å². The van der Waals surface area contributed by atoms with Crippen LogP contribution in [0.5, 0.6) is 0 Å². The van der Waals surface area contributed by atoms with E-state index in [0.29, 0.717) is 37.3 Å². The number of ketones is 1. The van der Waals surface area contributed by atoms with Gasteiger partial charge in [-0.3, -0.25) is 4.79 Å². The zero-order valence-electron chi connectivity index (χ0n) is 17.1. The molecule has 0 spiro atoms. The van der Waals surface area contributed by atoms with Crippen LogP contribution in [0, 0.1) is 5.92 Å². The van der Waals surface area contributed by atoms with E-state index in [4.69, 9.17) is 9.72 Å². The van der Waals surface area contributed by atoms with Crippen molar-refractivity contribution in [2.75, 3.05) is 19.7 Å². The number of hydrogen-bond acceptors (Lipinski definition) is 5. The lowest BCUT2D eigenvalue weighted by molar-refractivity contribution is 0.0837. The monoisotopic (exact) mass is 406 g/mol. The van der Waals surface area contributed by atoms with Gasteiger partial charge in [-0.25, -0.2) is 14.8 Å². The molecule has 1 saturated heterocycles. The highest BCUT2D eigenvalue weighted by atomic mass is 16.6. The Bertz CT molecular complexity index is 976. The summed E-state index contributed by atoms with van der Waals surface area (Å²) in [6.45, 7) is 3.43. The molecule has 156 valence electrons. The minimum atomic E-state index is -0.263. The van der Waals surface area contributed by atoms with Crippen molar-refractivity contribution in [1.29, 1.82) is 0 Å². The lowest BCUT2D eigenvalue weighted by Crippen LogP contribution is -2.40. The van der Waals surface area contributed by atoms with Crippen LogP contribution in [0.15, 0.2) is 48.7 Å². The van der Waals surface area contributed by atoms with Crippen LogP contribution in [0.25, 0.3) is 11.2 Å². The Kier molecular flexibility index (Phi) is 6.07. The zero-order valence-corrected chi connectivity index (χ0v) is 17.1. The Morgan fingerprint density at radius 1 is 1.17 bits per heavy atom. The first-order valence-electron chi connectivity index (χ1n) is 10.5. The van der Waals surface area contributed by atoms with E-state index >= 15 is 0 Å². The first-order valence-corrected chi connectivity index (χ1v) is 10.5. The number of amides is 1. The Hall–Kier alpha value is -3.22. The standard InChI is InChI=1S/C23H26N4O3/c1-2-30-23(29)27-13-10-16(11-14-27)18(15-20(28)17-7-4-3-5-8-17)21-25-19-9-6-12-24-22(19)26-21/h3-9,12,16,18H,2,10-11,13-15H2,1H3,(H,24,25,26). The van der Waals surface area contributed by atoms with Crippen LogP contribution in [0.1, 0.15) is 48.3 Å². The minimum Gasteiger partial charge on any atom is -0.450 e. The molecule has 7 nitrogen and oxygen atoms in total. The lowest BCUT2D eigenvalue weighted by Gasteiger charge is -2.34. The van der Waals surface area contributed by atoms with Gasteiger partial charge in [-0.15, -0.1) is 0 Å². The Balaban J connectivity index is 1.56. The number of rotatable bonds is 6. The Morgan fingerprint density at radius 2 is 1.93 bits per heavy atom. The number of ether oxygens (including phenoxy) is 1. The van der Waals surface area contributed by atoms with Gasteiger partial charge in [0.2, 0.25) is 0 Å². The van der Waals surface area contributed by atoms with Crippen LogP contribution in [-0.4, -0.2) is 51.4 Å². The second-order valence-electron chi connectivity index (χ2n) is 7.62. The molecule has 1 amide bonds. The molecule has 3 heterocycles. The summed E-state index contributed by atoms with van der Waals surface area (Å²) in [6, 6.07) is 13.2. The summed E-state index contributed by atoms with van der Waals surface area (Å²) in [6.07, 6.45) is 3.43. The number of aromatic amines is 1. The molecule has 0 saturated carbocycles. The van der Waals surface area contributed by atoms with Gasteiger partial charge in [0.05, 0.1) is 12.1 Å². The number of benzene rings is 1. The van der Waals surface area contributed by atoms with E-state index in [0.717, 1.165) is 24.2 Å². The van der Waals surface area contributed by atoms with Crippen molar-refractivity contribution in [1.82, 2.24) is 19.9 Å². The molecule has 3 aromatic rings. The highest BCUT2D eigenvalue weighted by Crippen LogP contribution is 2.35. The highest BCUT2D eigenvalue weighted by molar-refractivity contribution is 5.96. The quantitative estimate of drug-likeness (QED) is 0.620. The van der Waals surface area contributed by atoms with Gasteiger partial charge in [-0.05, 0) is 37.8 Å². The van der Waals surface area contributed by atoms with Crippen LogP contribution < -0.4 is 0 Å². The Labute approximate surface area is 175 Å². The van der Waals surface area contributed by atoms with Crippen molar-refractivity contribution in [3.63, 3.8) is 0 Å². The molecule has 2 aromatic heterocycles. The fraction of sp³-hybridized carbons (Fsp3) is 0.391. The first kappa shape index (κ1) is 20.1. The summed E-state index contributed by atoms with van der Waals surface area (Å²) in [5, 5.41) is 0. The summed E-state index contributed by atoms with van der Waals surface area (Å²) in [4.78, 5) is 39.2. The van der Waals surface area contributed by atoms with Gasteiger partial charge >= 0.3 is 6.09 Å². The predicted octanol–water partition coefficient (Wildman–Crippen LogP) is 4.18. The molecule has 0 bridgehead atoms. The summed E-state index contributed by atoms with van der Waals surface area (Å²) in [5.41, 5.74) is 2.24. The number of aromatic nitrogens is 3. The number of piperidine rings is 1. The molecule has 30 heavy (non-hydrogen) atoms. The van der Waals surface area contributed by atoms with Crippen molar-refractivity contribution < 1.29 is 14.3 Å². The van der Waals surface area contributed by atoms with Crippen molar-refractivity contribution in [3.8, 4) is 0 Å². The molecular formula is C23H26N4O3. The number of fused-ring (bicyclic) bond motifs is 1. The van der Waals surface area contributed by atoms with Gasteiger partial charge in [-0.1, -0.05) is 30.3 Å². The number of carbonyl (C=O) groups is 2. The van der Waals surface area contributed by atoms with Gasteiger partial charge in [0.15, 0.2) is 11.4 Å². The maximum absolute atomic E-state index is 13.0. The molecule has 0 aliphatic carbocycles. The number of nitrogens with zero attached hydrogens (tertiary/aromatic N) is 3. The van der Waals surface area contributed by atoms with E-state index in [-0.39, 0.29) is 23.7 Å². The largest absolute Gasteiger partial charge is 0.450 e. The van der Waals surface area contributed by atoms with Crippen molar-refractivity contribution in [2.24, 2.45) is 5.92 Å². The van der Waals surface area contributed by atoms with E-state index in [2.05, 4.69) is 9.97 Å². The fourth-order valence-electron chi connectivity index (χ4n) is 4.17. The van der Waals surface area contributed by atoms with Gasteiger partial charge in [0.25, 0.3) is 0 Å². The van der Waals surface area contributed by atoms with Crippen LogP contribution in [0.2, 0.25) is 0 Å². The van der Waals surface area contributed by atoms with Crippen LogP contribution in [0.4, 0.5) is 4.79 Å². The number of H-pyrrole nitrogens is 1. The molecule has 7 heteroatoms.